The maximum atomic E-state index is 10.9. The van der Waals surface area contributed by atoms with E-state index in [4.69, 9.17) is 12.2 Å². The molecule has 72 valence electrons. The molecule has 1 aliphatic heterocycles. The van der Waals surface area contributed by atoms with Crippen molar-refractivity contribution in [3.8, 4) is 0 Å². The van der Waals surface area contributed by atoms with Crippen molar-refractivity contribution in [3.63, 3.8) is 0 Å². The third kappa shape index (κ3) is 1.42. The van der Waals surface area contributed by atoms with Crippen LogP contribution in [-0.2, 0) is 9.84 Å². The lowest BCUT2D eigenvalue weighted by atomic mass is 10.3. The molecule has 2 heterocycles. The Kier molecular flexibility index (Phi) is 1.81. The van der Waals surface area contributed by atoms with Gasteiger partial charge in [-0.15, -0.1) is 0 Å². The third-order valence-corrected chi connectivity index (χ3v) is 4.21. The molecule has 0 atom stereocenters. The van der Waals surface area contributed by atoms with Crippen LogP contribution in [0.25, 0.3) is 0 Å². The molecule has 0 aliphatic carbocycles. The van der Waals surface area contributed by atoms with E-state index in [9.17, 15) is 8.42 Å². The first kappa shape index (κ1) is 8.89. The van der Waals surface area contributed by atoms with E-state index in [-0.39, 0.29) is 17.5 Å². The first-order valence-corrected chi connectivity index (χ1v) is 6.06. The van der Waals surface area contributed by atoms with Gasteiger partial charge in [0.15, 0.2) is 14.6 Å². The standard InChI is InChI=1S/C6H9N3O2S2/c1-4-7-8-6(12)9(4)5-2-13(10,11)3-5/h5H,2-3H2,1H3,(H,8,12). The average molecular weight is 219 g/mol. The van der Waals surface area contributed by atoms with Gasteiger partial charge in [0, 0.05) is 0 Å². The molecule has 7 heteroatoms. The van der Waals surface area contributed by atoms with Gasteiger partial charge in [-0.2, -0.15) is 5.10 Å². The summed E-state index contributed by atoms with van der Waals surface area (Å²) in [4.78, 5) is 0. The minimum atomic E-state index is -2.80. The zero-order valence-electron chi connectivity index (χ0n) is 7.02. The lowest BCUT2D eigenvalue weighted by Crippen LogP contribution is -2.38. The molecule has 2 rings (SSSR count). The number of nitrogens with zero attached hydrogens (tertiary/aromatic N) is 2. The van der Waals surface area contributed by atoms with Crippen molar-refractivity contribution in [2.45, 2.75) is 13.0 Å². The van der Waals surface area contributed by atoms with Gasteiger partial charge in [-0.05, 0) is 19.1 Å². The second kappa shape index (κ2) is 2.65. The van der Waals surface area contributed by atoms with Crippen molar-refractivity contribution in [1.82, 2.24) is 14.8 Å². The van der Waals surface area contributed by atoms with Crippen LogP contribution in [0.4, 0.5) is 0 Å². The lowest BCUT2D eigenvalue weighted by molar-refractivity contribution is 0.496. The molecular weight excluding hydrogens is 210 g/mol. The number of hydrogen-bond donors (Lipinski definition) is 1. The lowest BCUT2D eigenvalue weighted by Gasteiger charge is -2.27. The van der Waals surface area contributed by atoms with Crippen molar-refractivity contribution in [1.29, 1.82) is 0 Å². The highest BCUT2D eigenvalue weighted by atomic mass is 32.2. The molecule has 1 aliphatic rings. The van der Waals surface area contributed by atoms with Crippen molar-refractivity contribution < 1.29 is 8.42 Å². The van der Waals surface area contributed by atoms with E-state index >= 15 is 0 Å². The minimum absolute atomic E-state index is 0.0174. The number of aromatic amines is 1. The first-order valence-electron chi connectivity index (χ1n) is 3.83. The van der Waals surface area contributed by atoms with Gasteiger partial charge in [0.25, 0.3) is 0 Å². The molecule has 1 N–H and O–H groups in total. The largest absolute Gasteiger partial charge is 0.299 e. The summed E-state index contributed by atoms with van der Waals surface area (Å²) in [5.41, 5.74) is 0. The third-order valence-electron chi connectivity index (χ3n) is 2.14. The van der Waals surface area contributed by atoms with Gasteiger partial charge >= 0.3 is 0 Å². The Bertz CT molecular complexity index is 472. The van der Waals surface area contributed by atoms with E-state index in [1.807, 2.05) is 0 Å². The molecule has 0 saturated carbocycles. The molecule has 13 heavy (non-hydrogen) atoms. The number of H-pyrrole nitrogens is 1. The number of sulfone groups is 1. The summed E-state index contributed by atoms with van der Waals surface area (Å²) >= 11 is 4.97. The Labute approximate surface area is 80.7 Å². The van der Waals surface area contributed by atoms with Crippen LogP contribution in [-0.4, -0.2) is 34.7 Å². The zero-order valence-corrected chi connectivity index (χ0v) is 8.65. The fourth-order valence-electron chi connectivity index (χ4n) is 1.50. The Morgan fingerprint density at radius 1 is 1.62 bits per heavy atom. The minimum Gasteiger partial charge on any atom is -0.299 e. The van der Waals surface area contributed by atoms with Crippen LogP contribution < -0.4 is 0 Å². The van der Waals surface area contributed by atoms with Crippen LogP contribution in [0.15, 0.2) is 0 Å². The van der Waals surface area contributed by atoms with Crippen molar-refractivity contribution in [2.75, 3.05) is 11.5 Å². The van der Waals surface area contributed by atoms with E-state index in [1.54, 1.807) is 11.5 Å². The normalized spacial score (nSPS) is 21.3. The number of rotatable bonds is 1. The van der Waals surface area contributed by atoms with Gasteiger partial charge in [-0.1, -0.05) is 0 Å². The predicted octanol–water partition coefficient (Wildman–Crippen LogP) is 0.219. The monoisotopic (exact) mass is 219 g/mol. The fraction of sp³-hybridized carbons (Fsp3) is 0.667. The molecule has 1 aromatic heterocycles. The number of aromatic nitrogens is 3. The van der Waals surface area contributed by atoms with Crippen molar-refractivity contribution >= 4 is 22.1 Å². The Balaban J connectivity index is 2.34. The molecule has 0 bridgehead atoms. The summed E-state index contributed by atoms with van der Waals surface area (Å²) in [6, 6.07) is -0.0174. The molecule has 1 aromatic rings. The van der Waals surface area contributed by atoms with Crippen LogP contribution in [0.1, 0.15) is 11.9 Å². The summed E-state index contributed by atoms with van der Waals surface area (Å²) < 4.78 is 24.1. The SMILES string of the molecule is Cc1n[nH]c(=S)n1C1CS(=O)(=O)C1. The summed E-state index contributed by atoms with van der Waals surface area (Å²) in [5.74, 6) is 1.11. The molecule has 0 amide bonds. The first-order chi connectivity index (χ1) is 5.99. The zero-order chi connectivity index (χ0) is 9.64. The van der Waals surface area contributed by atoms with Crippen LogP contribution in [0, 0.1) is 11.7 Å². The number of hydrogen-bond acceptors (Lipinski definition) is 4. The number of nitrogens with one attached hydrogen (secondary N) is 1. The highest BCUT2D eigenvalue weighted by molar-refractivity contribution is 7.92. The molecule has 0 spiro atoms. The molecule has 1 fully saturated rings. The fourth-order valence-corrected chi connectivity index (χ4v) is 3.20. The van der Waals surface area contributed by atoms with Gasteiger partial charge in [0.2, 0.25) is 0 Å². The van der Waals surface area contributed by atoms with Crippen LogP contribution in [0.3, 0.4) is 0 Å². The predicted molar refractivity (Wildman–Crippen MR) is 49.8 cm³/mol. The second-order valence-electron chi connectivity index (χ2n) is 3.18. The summed E-state index contributed by atoms with van der Waals surface area (Å²) in [6.07, 6.45) is 0. The van der Waals surface area contributed by atoms with Gasteiger partial charge in [-0.25, -0.2) is 8.42 Å². The van der Waals surface area contributed by atoms with Crippen LogP contribution in [0.2, 0.25) is 0 Å². The molecule has 0 aromatic carbocycles. The van der Waals surface area contributed by atoms with E-state index in [2.05, 4.69) is 10.2 Å². The molecule has 5 nitrogen and oxygen atoms in total. The highest BCUT2D eigenvalue weighted by Gasteiger charge is 2.35. The molecule has 0 unspecified atom stereocenters. The maximum Gasteiger partial charge on any atom is 0.195 e. The van der Waals surface area contributed by atoms with E-state index < -0.39 is 9.84 Å². The Morgan fingerprint density at radius 3 is 2.62 bits per heavy atom. The molecule has 0 radical (unpaired) electrons. The smallest absolute Gasteiger partial charge is 0.195 e. The van der Waals surface area contributed by atoms with Gasteiger partial charge in [0.05, 0.1) is 17.5 Å². The summed E-state index contributed by atoms with van der Waals surface area (Å²) in [7, 11) is -2.80. The van der Waals surface area contributed by atoms with Crippen molar-refractivity contribution in [2.24, 2.45) is 0 Å². The summed E-state index contributed by atoms with van der Waals surface area (Å²) in [5, 5.41) is 6.55. The van der Waals surface area contributed by atoms with Gasteiger partial charge < -0.3 is 0 Å². The van der Waals surface area contributed by atoms with E-state index in [0.717, 1.165) is 5.82 Å². The molecule has 1 saturated heterocycles. The van der Waals surface area contributed by atoms with Crippen LogP contribution in [0.5, 0.6) is 0 Å². The number of aryl methyl sites for hydroxylation is 1. The average Bonchev–Trinajstić information content (AvgIpc) is 2.26. The van der Waals surface area contributed by atoms with Crippen LogP contribution >= 0.6 is 12.2 Å². The van der Waals surface area contributed by atoms with Crippen molar-refractivity contribution in [3.05, 3.63) is 10.6 Å². The van der Waals surface area contributed by atoms with Gasteiger partial charge in [-0.3, -0.25) is 9.67 Å². The highest BCUT2D eigenvalue weighted by Crippen LogP contribution is 2.24. The van der Waals surface area contributed by atoms with E-state index in [0.29, 0.717) is 4.77 Å². The Hall–Kier alpha value is -0.690. The quantitative estimate of drug-likeness (QED) is 0.686. The maximum absolute atomic E-state index is 10.9. The van der Waals surface area contributed by atoms with E-state index in [1.165, 1.54) is 0 Å². The Morgan fingerprint density at radius 2 is 2.23 bits per heavy atom. The van der Waals surface area contributed by atoms with Gasteiger partial charge in [0.1, 0.15) is 5.82 Å². The molecular formula is C6H9N3O2S2. The summed E-state index contributed by atoms with van der Waals surface area (Å²) in [6.45, 7) is 1.80. The second-order valence-corrected chi connectivity index (χ2v) is 5.72. The topological polar surface area (TPSA) is 67.8 Å².